The van der Waals surface area contributed by atoms with E-state index in [-0.39, 0.29) is 24.3 Å². The summed E-state index contributed by atoms with van der Waals surface area (Å²) in [6, 6.07) is 6.55. The lowest BCUT2D eigenvalue weighted by Crippen LogP contribution is -2.53. The number of halogens is 1. The molecule has 29 heavy (non-hydrogen) atoms. The number of likely N-dealkylation sites (tertiary alicyclic amines) is 1. The molecule has 7 nitrogen and oxygen atoms in total. The Morgan fingerprint density at radius 1 is 1.00 bits per heavy atom. The number of piperazine rings is 1. The second-order valence-electron chi connectivity index (χ2n) is 8.39. The summed E-state index contributed by atoms with van der Waals surface area (Å²) in [7, 11) is 0. The Hall–Kier alpha value is -2.19. The first kappa shape index (κ1) is 20.1. The van der Waals surface area contributed by atoms with Crippen LogP contribution in [0.2, 0.25) is 0 Å². The number of nitrogens with zero attached hydrogens (tertiary/aromatic N) is 3. The lowest BCUT2D eigenvalue weighted by Gasteiger charge is -2.34. The zero-order valence-electron chi connectivity index (χ0n) is 16.8. The van der Waals surface area contributed by atoms with E-state index in [9.17, 15) is 14.0 Å². The number of anilines is 1. The van der Waals surface area contributed by atoms with Crippen LogP contribution in [0.15, 0.2) is 24.3 Å². The van der Waals surface area contributed by atoms with Gasteiger partial charge in [-0.05, 0) is 56.0 Å². The van der Waals surface area contributed by atoms with Crippen molar-refractivity contribution in [3.05, 3.63) is 30.1 Å². The molecule has 2 heterocycles. The molecule has 3 aliphatic rings. The van der Waals surface area contributed by atoms with E-state index in [1.165, 1.54) is 37.9 Å². The molecule has 1 aromatic carbocycles. The Kier molecular flexibility index (Phi) is 6.30. The van der Waals surface area contributed by atoms with Gasteiger partial charge in [0.05, 0.1) is 6.54 Å². The standard InChI is InChI=1S/C21H30FN5O2/c22-17-1-3-18(4-2-17)24-20(28)15-25-9-11-26(12-10-25)21(29)23-13-16-7-8-27(14-16)19-5-6-19/h1-4,16,19H,5-15H2,(H,23,29)(H,24,28). The SMILES string of the molecule is O=C(CN1CCN(C(=O)NCC2CCN(C3CC3)C2)CC1)Nc1ccc(F)cc1. The number of carbonyl (C=O) groups is 2. The first-order valence-electron chi connectivity index (χ1n) is 10.6. The van der Waals surface area contributed by atoms with E-state index in [0.29, 0.717) is 37.8 Å². The molecule has 8 heteroatoms. The van der Waals surface area contributed by atoms with Crippen LogP contribution in [0.25, 0.3) is 0 Å². The van der Waals surface area contributed by atoms with Gasteiger partial charge in [0, 0.05) is 51.0 Å². The van der Waals surface area contributed by atoms with Gasteiger partial charge in [-0.15, -0.1) is 0 Å². The molecule has 1 saturated carbocycles. The molecule has 0 bridgehead atoms. The third kappa shape index (κ3) is 5.67. The van der Waals surface area contributed by atoms with Crippen LogP contribution in [-0.4, -0.2) is 85.0 Å². The van der Waals surface area contributed by atoms with Gasteiger partial charge in [-0.2, -0.15) is 0 Å². The van der Waals surface area contributed by atoms with Gasteiger partial charge in [0.15, 0.2) is 0 Å². The Bertz CT molecular complexity index is 716. The van der Waals surface area contributed by atoms with Crippen molar-refractivity contribution >= 4 is 17.6 Å². The van der Waals surface area contributed by atoms with Crippen molar-refractivity contribution in [2.75, 3.05) is 57.7 Å². The van der Waals surface area contributed by atoms with Gasteiger partial charge in [0.2, 0.25) is 5.91 Å². The van der Waals surface area contributed by atoms with Gasteiger partial charge in [-0.25, -0.2) is 9.18 Å². The summed E-state index contributed by atoms with van der Waals surface area (Å²) in [6.45, 7) is 5.88. The first-order valence-corrected chi connectivity index (χ1v) is 10.6. The summed E-state index contributed by atoms with van der Waals surface area (Å²) in [4.78, 5) is 31.1. The highest BCUT2D eigenvalue weighted by Crippen LogP contribution is 2.31. The molecule has 1 atom stereocenters. The Labute approximate surface area is 171 Å². The highest BCUT2D eigenvalue weighted by molar-refractivity contribution is 5.92. The molecule has 2 saturated heterocycles. The molecule has 1 aliphatic carbocycles. The number of benzene rings is 1. The second-order valence-corrected chi connectivity index (χ2v) is 8.39. The van der Waals surface area contributed by atoms with Gasteiger partial charge in [0.25, 0.3) is 0 Å². The van der Waals surface area contributed by atoms with Crippen LogP contribution in [0.5, 0.6) is 0 Å². The van der Waals surface area contributed by atoms with Crippen LogP contribution in [-0.2, 0) is 4.79 Å². The molecule has 0 aromatic heterocycles. The Balaban J connectivity index is 1.13. The van der Waals surface area contributed by atoms with Gasteiger partial charge < -0.3 is 20.4 Å². The van der Waals surface area contributed by atoms with Crippen LogP contribution < -0.4 is 10.6 Å². The lowest BCUT2D eigenvalue weighted by atomic mass is 10.1. The first-order chi connectivity index (χ1) is 14.1. The minimum atomic E-state index is -0.328. The number of carbonyl (C=O) groups excluding carboxylic acids is 2. The van der Waals surface area contributed by atoms with E-state index in [4.69, 9.17) is 0 Å². The summed E-state index contributed by atoms with van der Waals surface area (Å²) < 4.78 is 12.9. The van der Waals surface area contributed by atoms with Crippen molar-refractivity contribution in [3.63, 3.8) is 0 Å². The number of urea groups is 1. The smallest absolute Gasteiger partial charge is 0.317 e. The third-order valence-electron chi connectivity index (χ3n) is 6.08. The number of hydrogen-bond acceptors (Lipinski definition) is 4. The zero-order valence-corrected chi connectivity index (χ0v) is 16.8. The number of rotatable bonds is 6. The predicted molar refractivity (Wildman–Crippen MR) is 109 cm³/mol. The highest BCUT2D eigenvalue weighted by atomic mass is 19.1. The van der Waals surface area contributed by atoms with Gasteiger partial charge in [0.1, 0.15) is 5.82 Å². The van der Waals surface area contributed by atoms with Crippen molar-refractivity contribution < 1.29 is 14.0 Å². The monoisotopic (exact) mass is 403 g/mol. The van der Waals surface area contributed by atoms with Crippen LogP contribution in [0.1, 0.15) is 19.3 Å². The third-order valence-corrected chi connectivity index (χ3v) is 6.08. The summed E-state index contributed by atoms with van der Waals surface area (Å²) in [5.41, 5.74) is 0.585. The molecule has 0 radical (unpaired) electrons. The molecule has 3 amide bonds. The number of amides is 3. The summed E-state index contributed by atoms with van der Waals surface area (Å²) in [6.07, 6.45) is 3.85. The minimum Gasteiger partial charge on any atom is -0.338 e. The van der Waals surface area contributed by atoms with Crippen LogP contribution >= 0.6 is 0 Å². The van der Waals surface area contributed by atoms with E-state index in [1.54, 1.807) is 12.1 Å². The van der Waals surface area contributed by atoms with E-state index < -0.39 is 0 Å². The maximum Gasteiger partial charge on any atom is 0.317 e. The van der Waals surface area contributed by atoms with Crippen molar-refractivity contribution in [3.8, 4) is 0 Å². The Morgan fingerprint density at radius 2 is 1.72 bits per heavy atom. The van der Waals surface area contributed by atoms with E-state index >= 15 is 0 Å². The highest BCUT2D eigenvalue weighted by Gasteiger charge is 2.34. The van der Waals surface area contributed by atoms with Crippen molar-refractivity contribution in [1.29, 1.82) is 0 Å². The minimum absolute atomic E-state index is 0.00489. The van der Waals surface area contributed by atoms with Gasteiger partial charge >= 0.3 is 6.03 Å². The van der Waals surface area contributed by atoms with E-state index in [2.05, 4.69) is 15.5 Å². The zero-order chi connectivity index (χ0) is 20.2. The quantitative estimate of drug-likeness (QED) is 0.757. The molecule has 2 aliphatic heterocycles. The molecule has 3 fully saturated rings. The Morgan fingerprint density at radius 3 is 2.41 bits per heavy atom. The fourth-order valence-corrected chi connectivity index (χ4v) is 4.19. The molecule has 1 aromatic rings. The van der Waals surface area contributed by atoms with E-state index in [0.717, 1.165) is 19.1 Å². The largest absolute Gasteiger partial charge is 0.338 e. The molecular weight excluding hydrogens is 373 g/mol. The molecular formula is C21H30FN5O2. The maximum absolute atomic E-state index is 12.9. The van der Waals surface area contributed by atoms with Crippen LogP contribution in [0, 0.1) is 11.7 Å². The topological polar surface area (TPSA) is 67.9 Å². The van der Waals surface area contributed by atoms with Crippen LogP contribution in [0.3, 0.4) is 0 Å². The molecule has 1 unspecified atom stereocenters. The number of nitrogens with one attached hydrogen (secondary N) is 2. The number of hydrogen-bond donors (Lipinski definition) is 2. The van der Waals surface area contributed by atoms with E-state index in [1.807, 2.05) is 9.80 Å². The van der Waals surface area contributed by atoms with Crippen molar-refractivity contribution in [2.45, 2.75) is 25.3 Å². The van der Waals surface area contributed by atoms with Gasteiger partial charge in [-0.3, -0.25) is 9.69 Å². The molecule has 2 N–H and O–H groups in total. The fraction of sp³-hybridized carbons (Fsp3) is 0.619. The average Bonchev–Trinajstić information content (AvgIpc) is 3.46. The maximum atomic E-state index is 12.9. The summed E-state index contributed by atoms with van der Waals surface area (Å²) in [5, 5.41) is 5.87. The van der Waals surface area contributed by atoms with Crippen LogP contribution in [0.4, 0.5) is 14.9 Å². The van der Waals surface area contributed by atoms with Crippen molar-refractivity contribution in [2.24, 2.45) is 5.92 Å². The summed E-state index contributed by atoms with van der Waals surface area (Å²) >= 11 is 0. The fourth-order valence-electron chi connectivity index (χ4n) is 4.19. The average molecular weight is 404 g/mol. The lowest BCUT2D eigenvalue weighted by molar-refractivity contribution is -0.117. The molecule has 158 valence electrons. The van der Waals surface area contributed by atoms with Gasteiger partial charge in [-0.1, -0.05) is 0 Å². The summed E-state index contributed by atoms with van der Waals surface area (Å²) in [5.74, 6) is 0.109. The molecule has 0 spiro atoms. The van der Waals surface area contributed by atoms with Crippen molar-refractivity contribution in [1.82, 2.24) is 20.0 Å². The second kappa shape index (κ2) is 9.09. The normalized spacial score (nSPS) is 23.2. The predicted octanol–water partition coefficient (Wildman–Crippen LogP) is 1.58. The molecule has 4 rings (SSSR count).